The first-order valence-electron chi connectivity index (χ1n) is 5.54. The summed E-state index contributed by atoms with van der Waals surface area (Å²) in [4.78, 5) is 10.7. The van der Waals surface area contributed by atoms with E-state index in [1.54, 1.807) is 6.07 Å². The zero-order chi connectivity index (χ0) is 12.4. The number of carboxylic acid groups (broad SMARTS) is 1. The number of nitrogens with two attached hydrogens (primary N) is 1. The van der Waals surface area contributed by atoms with Crippen molar-refractivity contribution in [3.8, 4) is 5.75 Å². The summed E-state index contributed by atoms with van der Waals surface area (Å²) in [6.45, 7) is 0. The van der Waals surface area contributed by atoms with Crippen molar-refractivity contribution in [1.29, 1.82) is 0 Å². The first-order valence-corrected chi connectivity index (χ1v) is 5.54. The summed E-state index contributed by atoms with van der Waals surface area (Å²) in [6, 6.07) is 4.39. The van der Waals surface area contributed by atoms with Gasteiger partial charge in [0.1, 0.15) is 11.9 Å². The predicted octanol–water partition coefficient (Wildman–Crippen LogP) is 1.26. The molecule has 2 atom stereocenters. The molecule has 0 bridgehead atoms. The minimum atomic E-state index is -1.01. The predicted molar refractivity (Wildman–Crippen MR) is 62.1 cm³/mol. The zero-order valence-electron chi connectivity index (χ0n) is 9.30. The molecule has 1 saturated carbocycles. The lowest BCUT2D eigenvalue weighted by Gasteiger charge is -2.15. The lowest BCUT2D eigenvalue weighted by atomic mass is 10.2. The van der Waals surface area contributed by atoms with Crippen LogP contribution in [0.2, 0.25) is 0 Å². The fourth-order valence-electron chi connectivity index (χ4n) is 1.99. The number of carbonyl (C=O) groups is 1. The van der Waals surface area contributed by atoms with Crippen LogP contribution in [0.1, 0.15) is 29.6 Å². The Morgan fingerprint density at radius 3 is 2.71 bits per heavy atom. The standard InChI is InChI=1S/C12H15NO4/c13-10-5-7(12(15)16)1-4-11(10)17-9-3-2-8(14)6-9/h1,4-5,8-9,14H,2-3,6,13H2,(H,15,16). The summed E-state index contributed by atoms with van der Waals surface area (Å²) in [7, 11) is 0. The first kappa shape index (κ1) is 11.7. The monoisotopic (exact) mass is 237 g/mol. The zero-order valence-corrected chi connectivity index (χ0v) is 9.30. The molecule has 1 aliphatic rings. The lowest BCUT2D eigenvalue weighted by molar-refractivity contribution is 0.0697. The van der Waals surface area contributed by atoms with E-state index >= 15 is 0 Å². The second kappa shape index (κ2) is 4.63. The molecule has 0 aromatic heterocycles. The van der Waals surface area contributed by atoms with Gasteiger partial charge in [-0.1, -0.05) is 0 Å². The topological polar surface area (TPSA) is 92.8 Å². The highest BCUT2D eigenvalue weighted by molar-refractivity contribution is 5.89. The average Bonchev–Trinajstić information content (AvgIpc) is 2.67. The van der Waals surface area contributed by atoms with Crippen LogP contribution in [0.15, 0.2) is 18.2 Å². The average molecular weight is 237 g/mol. The highest BCUT2D eigenvalue weighted by Gasteiger charge is 2.24. The van der Waals surface area contributed by atoms with Gasteiger partial charge in [-0.15, -0.1) is 0 Å². The van der Waals surface area contributed by atoms with Gasteiger partial charge in [-0.2, -0.15) is 0 Å². The van der Waals surface area contributed by atoms with Crippen molar-refractivity contribution in [2.24, 2.45) is 0 Å². The van der Waals surface area contributed by atoms with E-state index in [-0.39, 0.29) is 17.8 Å². The van der Waals surface area contributed by atoms with Crippen molar-refractivity contribution in [3.63, 3.8) is 0 Å². The Kier molecular flexibility index (Phi) is 3.19. The fraction of sp³-hybridized carbons (Fsp3) is 0.417. The van der Waals surface area contributed by atoms with E-state index in [1.165, 1.54) is 12.1 Å². The second-order valence-electron chi connectivity index (χ2n) is 4.26. The molecule has 0 saturated heterocycles. The van der Waals surface area contributed by atoms with Crippen molar-refractivity contribution in [1.82, 2.24) is 0 Å². The van der Waals surface area contributed by atoms with Gasteiger partial charge in [0.25, 0.3) is 0 Å². The summed E-state index contributed by atoms with van der Waals surface area (Å²) in [5, 5.41) is 18.2. The number of ether oxygens (including phenoxy) is 1. The molecule has 0 aliphatic heterocycles. The van der Waals surface area contributed by atoms with Crippen LogP contribution in [0.25, 0.3) is 0 Å². The third kappa shape index (κ3) is 2.68. The summed E-state index contributed by atoms with van der Waals surface area (Å²) in [5.41, 5.74) is 6.17. The number of anilines is 1. The van der Waals surface area contributed by atoms with E-state index in [9.17, 15) is 9.90 Å². The Morgan fingerprint density at radius 2 is 2.18 bits per heavy atom. The molecule has 1 aromatic rings. The lowest BCUT2D eigenvalue weighted by Crippen LogP contribution is -2.14. The van der Waals surface area contributed by atoms with Crippen molar-refractivity contribution in [3.05, 3.63) is 23.8 Å². The number of carboxylic acids is 1. The molecule has 0 amide bonds. The molecule has 2 unspecified atom stereocenters. The number of hydrogen-bond donors (Lipinski definition) is 3. The van der Waals surface area contributed by atoms with Gasteiger partial charge in [0, 0.05) is 6.42 Å². The summed E-state index contributed by atoms with van der Waals surface area (Å²) >= 11 is 0. The molecule has 92 valence electrons. The Morgan fingerprint density at radius 1 is 1.41 bits per heavy atom. The fourth-order valence-corrected chi connectivity index (χ4v) is 1.99. The maximum atomic E-state index is 10.7. The normalized spacial score (nSPS) is 23.6. The third-order valence-corrected chi connectivity index (χ3v) is 2.91. The number of nitrogen functional groups attached to an aromatic ring is 1. The quantitative estimate of drug-likeness (QED) is 0.688. The van der Waals surface area contributed by atoms with Crippen LogP contribution in [0.5, 0.6) is 5.75 Å². The Balaban J connectivity index is 2.09. The van der Waals surface area contributed by atoms with E-state index in [1.807, 2.05) is 0 Å². The Hall–Kier alpha value is -1.75. The molecular formula is C12H15NO4. The molecule has 17 heavy (non-hydrogen) atoms. The van der Waals surface area contributed by atoms with Crippen LogP contribution in [0.3, 0.4) is 0 Å². The molecule has 2 rings (SSSR count). The van der Waals surface area contributed by atoms with E-state index in [4.69, 9.17) is 15.6 Å². The summed E-state index contributed by atoms with van der Waals surface area (Å²) in [6.07, 6.45) is 1.78. The van der Waals surface area contributed by atoms with Crippen molar-refractivity contribution in [2.45, 2.75) is 31.5 Å². The maximum absolute atomic E-state index is 10.7. The molecule has 0 heterocycles. The molecule has 0 spiro atoms. The first-order chi connectivity index (χ1) is 8.06. The highest BCUT2D eigenvalue weighted by atomic mass is 16.5. The van der Waals surface area contributed by atoms with Crippen molar-refractivity contribution in [2.75, 3.05) is 5.73 Å². The van der Waals surface area contributed by atoms with Gasteiger partial charge in [0.15, 0.2) is 0 Å². The minimum absolute atomic E-state index is 0.0389. The molecule has 1 aliphatic carbocycles. The van der Waals surface area contributed by atoms with Gasteiger partial charge in [-0.3, -0.25) is 0 Å². The van der Waals surface area contributed by atoms with E-state index in [2.05, 4.69) is 0 Å². The van der Waals surface area contributed by atoms with Gasteiger partial charge in [-0.25, -0.2) is 4.79 Å². The molecule has 5 heteroatoms. The SMILES string of the molecule is Nc1cc(C(=O)O)ccc1OC1CCC(O)C1. The smallest absolute Gasteiger partial charge is 0.335 e. The van der Waals surface area contributed by atoms with Crippen molar-refractivity contribution >= 4 is 11.7 Å². The number of aliphatic hydroxyl groups excluding tert-OH is 1. The molecule has 1 fully saturated rings. The van der Waals surface area contributed by atoms with Crippen LogP contribution in [0, 0.1) is 0 Å². The van der Waals surface area contributed by atoms with Crippen LogP contribution >= 0.6 is 0 Å². The number of rotatable bonds is 3. The Labute approximate surface area is 98.8 Å². The van der Waals surface area contributed by atoms with Crippen molar-refractivity contribution < 1.29 is 19.7 Å². The van der Waals surface area contributed by atoms with Gasteiger partial charge in [-0.05, 0) is 31.0 Å². The van der Waals surface area contributed by atoms with Crippen LogP contribution in [-0.4, -0.2) is 28.4 Å². The number of benzene rings is 1. The van der Waals surface area contributed by atoms with Gasteiger partial charge in [0.2, 0.25) is 0 Å². The largest absolute Gasteiger partial charge is 0.488 e. The Bertz CT molecular complexity index is 433. The van der Waals surface area contributed by atoms with Crippen LogP contribution in [-0.2, 0) is 0 Å². The molecule has 1 aromatic carbocycles. The summed E-state index contributed by atoms with van der Waals surface area (Å²) in [5.74, 6) is -0.534. The second-order valence-corrected chi connectivity index (χ2v) is 4.26. The van der Waals surface area contributed by atoms with Gasteiger partial charge < -0.3 is 20.7 Å². The van der Waals surface area contributed by atoms with Gasteiger partial charge >= 0.3 is 5.97 Å². The van der Waals surface area contributed by atoms with Crippen LogP contribution in [0.4, 0.5) is 5.69 Å². The molecule has 0 radical (unpaired) electrons. The third-order valence-electron chi connectivity index (χ3n) is 2.91. The van der Waals surface area contributed by atoms with E-state index in [0.29, 0.717) is 17.9 Å². The number of hydrogen-bond acceptors (Lipinski definition) is 4. The van der Waals surface area contributed by atoms with Gasteiger partial charge in [0.05, 0.1) is 17.4 Å². The summed E-state index contributed by atoms with van der Waals surface area (Å²) < 4.78 is 5.63. The maximum Gasteiger partial charge on any atom is 0.335 e. The molecule has 5 nitrogen and oxygen atoms in total. The number of aromatic carboxylic acids is 1. The van der Waals surface area contributed by atoms with Crippen LogP contribution < -0.4 is 10.5 Å². The molecule has 4 N–H and O–H groups in total. The highest BCUT2D eigenvalue weighted by Crippen LogP contribution is 2.29. The van der Waals surface area contributed by atoms with E-state index in [0.717, 1.165) is 12.8 Å². The molecular weight excluding hydrogens is 222 g/mol. The number of aliphatic hydroxyl groups is 1. The minimum Gasteiger partial charge on any atom is -0.488 e. The van der Waals surface area contributed by atoms with E-state index < -0.39 is 5.97 Å².